The average molecular weight is 211 g/mol. The van der Waals surface area contributed by atoms with Gasteiger partial charge in [-0.15, -0.1) is 0 Å². The first-order valence-electron chi connectivity index (χ1n) is 3.69. The Bertz CT molecular complexity index is 630. The number of hydrogen-bond donors (Lipinski definition) is 1. The van der Waals surface area contributed by atoms with E-state index in [1.54, 1.807) is 0 Å². The van der Waals surface area contributed by atoms with Gasteiger partial charge in [-0.3, -0.25) is 9.35 Å². The Hall–Kier alpha value is -1.53. The molecule has 0 atom stereocenters. The lowest BCUT2D eigenvalue weighted by atomic mass is 10.3. The molecule has 1 N–H and O–H groups in total. The van der Waals surface area contributed by atoms with Crippen LogP contribution in [0.5, 0.6) is 0 Å². The van der Waals surface area contributed by atoms with E-state index < -0.39 is 16.0 Å². The molecule has 1 heterocycles. The monoisotopic (exact) mass is 211 g/mol. The summed E-state index contributed by atoms with van der Waals surface area (Å²) in [5.74, 6) is -0.424. The van der Waals surface area contributed by atoms with Gasteiger partial charge in [-0.1, -0.05) is 0 Å². The summed E-state index contributed by atoms with van der Waals surface area (Å²) in [6.07, 6.45) is 1.21. The summed E-state index contributed by atoms with van der Waals surface area (Å²) in [5, 5.41) is 0.826. The molecule has 0 aromatic heterocycles. The first-order chi connectivity index (χ1) is 6.47. The van der Waals surface area contributed by atoms with Crippen LogP contribution in [0.1, 0.15) is 0 Å². The highest BCUT2D eigenvalue weighted by Crippen LogP contribution is 2.02. The predicted molar refractivity (Wildman–Crippen MR) is 46.5 cm³/mol. The van der Waals surface area contributed by atoms with Crippen molar-refractivity contribution in [2.75, 3.05) is 0 Å². The number of fused-ring (bicyclic) bond motifs is 1. The molecule has 1 aliphatic rings. The van der Waals surface area contributed by atoms with Crippen LogP contribution in [0, 0.1) is 0 Å². The van der Waals surface area contributed by atoms with E-state index in [-0.39, 0.29) is 4.90 Å². The van der Waals surface area contributed by atoms with E-state index in [0.717, 1.165) is 0 Å². The number of nitrogens with zero attached hydrogens (tertiary/aromatic N) is 1. The predicted octanol–water partition coefficient (Wildman–Crippen LogP) is -1.13. The van der Waals surface area contributed by atoms with Crippen LogP contribution < -0.4 is 10.6 Å². The lowest BCUT2D eigenvalue weighted by molar-refractivity contribution is -0.112. The van der Waals surface area contributed by atoms with E-state index in [1.807, 2.05) is 0 Å². The minimum Gasteiger partial charge on any atom is -0.282 e. The molecule has 2 rings (SSSR count). The van der Waals surface area contributed by atoms with Crippen molar-refractivity contribution >= 4 is 22.1 Å². The van der Waals surface area contributed by atoms with E-state index in [0.29, 0.717) is 10.6 Å². The minimum atomic E-state index is -4.21. The van der Waals surface area contributed by atoms with E-state index in [2.05, 4.69) is 4.99 Å². The Balaban J connectivity index is 2.79. The lowest BCUT2D eigenvalue weighted by Crippen LogP contribution is -2.22. The van der Waals surface area contributed by atoms with Crippen molar-refractivity contribution < 1.29 is 17.8 Å². The van der Waals surface area contributed by atoms with Crippen molar-refractivity contribution in [3.8, 4) is 0 Å². The molecule has 1 aliphatic heterocycles. The lowest BCUT2D eigenvalue weighted by Gasteiger charge is -1.93. The number of carbonyl (C=O) groups is 1. The second kappa shape index (κ2) is 2.73. The fourth-order valence-corrected chi connectivity index (χ4v) is 1.71. The molecular weight excluding hydrogens is 206 g/mol. The number of benzene rings is 1. The second-order valence-corrected chi connectivity index (χ2v) is 4.21. The Morgan fingerprint density at radius 2 is 2.00 bits per heavy atom. The minimum absolute atomic E-state index is 0.239. The largest absolute Gasteiger partial charge is 0.294 e. The molecule has 0 saturated heterocycles. The maximum Gasteiger partial charge on any atom is 0.294 e. The summed E-state index contributed by atoms with van der Waals surface area (Å²) in [7, 11) is -4.21. The summed E-state index contributed by atoms with van der Waals surface area (Å²) in [4.78, 5) is 14.2. The van der Waals surface area contributed by atoms with Gasteiger partial charge in [0.25, 0.3) is 16.0 Å². The molecule has 0 saturated carbocycles. The summed E-state index contributed by atoms with van der Waals surface area (Å²) >= 11 is 0. The molecule has 0 aliphatic carbocycles. The zero-order valence-corrected chi connectivity index (χ0v) is 7.65. The Labute approximate surface area is 79.2 Å². The molecule has 72 valence electrons. The topological polar surface area (TPSA) is 83.8 Å². The smallest absolute Gasteiger partial charge is 0.282 e. The van der Waals surface area contributed by atoms with Gasteiger partial charge in [0, 0.05) is 11.3 Å². The van der Waals surface area contributed by atoms with Crippen molar-refractivity contribution in [1.82, 2.24) is 0 Å². The normalized spacial score (nSPS) is 14.5. The van der Waals surface area contributed by atoms with Crippen LogP contribution >= 0.6 is 0 Å². The summed E-state index contributed by atoms with van der Waals surface area (Å²) in [6.45, 7) is 0. The maximum absolute atomic E-state index is 10.8. The highest BCUT2D eigenvalue weighted by molar-refractivity contribution is 7.85. The summed E-state index contributed by atoms with van der Waals surface area (Å²) < 4.78 is 30.2. The maximum atomic E-state index is 10.8. The third-order valence-electron chi connectivity index (χ3n) is 1.81. The average Bonchev–Trinajstić information content (AvgIpc) is 2.41. The van der Waals surface area contributed by atoms with E-state index in [4.69, 9.17) is 4.55 Å². The first kappa shape index (κ1) is 9.04. The first-order valence-corrected chi connectivity index (χ1v) is 5.13. The quantitative estimate of drug-likeness (QED) is 0.596. The summed E-state index contributed by atoms with van der Waals surface area (Å²) in [6, 6.07) is 3.78. The van der Waals surface area contributed by atoms with Crippen LogP contribution in [0.2, 0.25) is 0 Å². The highest BCUT2D eigenvalue weighted by atomic mass is 32.2. The van der Waals surface area contributed by atoms with Gasteiger partial charge in [0.15, 0.2) is 0 Å². The fourth-order valence-electron chi connectivity index (χ4n) is 1.19. The van der Waals surface area contributed by atoms with E-state index >= 15 is 0 Å². The van der Waals surface area contributed by atoms with Crippen molar-refractivity contribution in [1.29, 1.82) is 0 Å². The van der Waals surface area contributed by atoms with Crippen LogP contribution in [-0.2, 0) is 14.9 Å². The van der Waals surface area contributed by atoms with Gasteiger partial charge in [-0.25, -0.2) is 4.99 Å². The summed E-state index contributed by atoms with van der Waals surface area (Å²) in [5.41, 5.74) is 0. The van der Waals surface area contributed by atoms with Crippen LogP contribution in [0.4, 0.5) is 0 Å². The van der Waals surface area contributed by atoms with Gasteiger partial charge >= 0.3 is 0 Å². The molecule has 0 spiro atoms. The van der Waals surface area contributed by atoms with Crippen LogP contribution in [-0.4, -0.2) is 18.9 Å². The molecular formula is C8H5NO4S. The molecule has 0 unspecified atom stereocenters. The van der Waals surface area contributed by atoms with Crippen LogP contribution in [0.3, 0.4) is 0 Å². The van der Waals surface area contributed by atoms with Crippen LogP contribution in [0.25, 0.3) is 6.08 Å². The molecule has 1 amide bonds. The fraction of sp³-hybridized carbons (Fsp3) is 0. The van der Waals surface area contributed by atoms with Crippen molar-refractivity contribution in [2.24, 2.45) is 4.99 Å². The van der Waals surface area contributed by atoms with Crippen molar-refractivity contribution in [3.63, 3.8) is 0 Å². The molecule has 6 heteroatoms. The molecule has 0 fully saturated rings. The van der Waals surface area contributed by atoms with Gasteiger partial charge in [0.1, 0.15) is 0 Å². The zero-order chi connectivity index (χ0) is 10.3. The van der Waals surface area contributed by atoms with E-state index in [1.165, 1.54) is 24.3 Å². The zero-order valence-electron chi connectivity index (χ0n) is 6.84. The van der Waals surface area contributed by atoms with Gasteiger partial charge < -0.3 is 0 Å². The standard InChI is InChI=1S/C8H5NO4S/c10-8-4-5-3-6(14(11,12)13)1-2-7(5)9-8/h1-4H,(H,11,12,13). The Kier molecular flexibility index (Phi) is 1.76. The van der Waals surface area contributed by atoms with Crippen molar-refractivity contribution in [2.45, 2.75) is 4.90 Å². The van der Waals surface area contributed by atoms with Gasteiger partial charge in [0.05, 0.1) is 10.3 Å². The van der Waals surface area contributed by atoms with Crippen molar-refractivity contribution in [3.05, 3.63) is 28.8 Å². The molecule has 0 bridgehead atoms. The molecule has 0 radical (unpaired) electrons. The Morgan fingerprint density at radius 3 is 2.64 bits per heavy atom. The molecule has 1 aromatic rings. The van der Waals surface area contributed by atoms with Crippen LogP contribution in [0.15, 0.2) is 28.1 Å². The third kappa shape index (κ3) is 1.45. The van der Waals surface area contributed by atoms with Gasteiger partial charge in [-0.05, 0) is 18.2 Å². The number of amides is 1. The number of carbonyl (C=O) groups excluding carboxylic acids is 1. The van der Waals surface area contributed by atoms with Gasteiger partial charge in [0.2, 0.25) is 0 Å². The highest BCUT2D eigenvalue weighted by Gasteiger charge is 2.11. The second-order valence-electron chi connectivity index (χ2n) is 2.79. The molecule has 14 heavy (non-hydrogen) atoms. The number of hydrogen-bond acceptors (Lipinski definition) is 3. The molecule has 5 nitrogen and oxygen atoms in total. The van der Waals surface area contributed by atoms with E-state index in [9.17, 15) is 13.2 Å². The SMILES string of the molecule is O=C1C=c2cc(S(=O)(=O)O)ccc2=N1. The molecule has 1 aromatic carbocycles. The Morgan fingerprint density at radius 1 is 1.29 bits per heavy atom. The van der Waals surface area contributed by atoms with Gasteiger partial charge in [-0.2, -0.15) is 8.42 Å². The number of rotatable bonds is 1. The third-order valence-corrected chi connectivity index (χ3v) is 2.66.